The number of morpholine rings is 1. The lowest BCUT2D eigenvalue weighted by Gasteiger charge is -2.45. The summed E-state index contributed by atoms with van der Waals surface area (Å²) in [7, 11) is 2.07. The molecule has 0 saturated carbocycles. The van der Waals surface area contributed by atoms with Crippen LogP contribution in [0.4, 0.5) is 0 Å². The zero-order valence-corrected chi connectivity index (χ0v) is 9.03. The molecule has 0 radical (unpaired) electrons. The van der Waals surface area contributed by atoms with Crippen molar-refractivity contribution in [2.24, 2.45) is 0 Å². The minimum Gasteiger partial charge on any atom is -0.374 e. The molecule has 3 rings (SSSR count). The first-order chi connectivity index (χ1) is 6.70. The number of nitrogens with zero attached hydrogens (tertiary/aromatic N) is 1. The summed E-state index contributed by atoms with van der Waals surface area (Å²) in [6.45, 7) is 2.49. The monoisotopic (exact) mass is 197 g/mol. The van der Waals surface area contributed by atoms with E-state index in [-0.39, 0.29) is 17.9 Å². The second kappa shape index (κ2) is 3.99. The molecule has 0 aromatic rings. The Morgan fingerprint density at radius 1 is 1.36 bits per heavy atom. The molecule has 0 N–H and O–H groups in total. The Hall–Kier alpha value is -0.410. The zero-order chi connectivity index (χ0) is 10.1. The standard InChI is InChI=1S/C11H19NO2/c1-8(13)11-10-6-4-3-5-9(7-14-10)12(11)2/h9-11H,3-7H2,1-2H3. The van der Waals surface area contributed by atoms with Gasteiger partial charge in [-0.3, -0.25) is 9.69 Å². The van der Waals surface area contributed by atoms with Crippen molar-refractivity contribution in [1.29, 1.82) is 0 Å². The highest BCUT2D eigenvalue weighted by molar-refractivity contribution is 5.82. The van der Waals surface area contributed by atoms with Crippen LogP contribution in [0.3, 0.4) is 0 Å². The Morgan fingerprint density at radius 3 is 2.79 bits per heavy atom. The Labute approximate surface area is 85.4 Å². The first kappa shape index (κ1) is 10.1. The summed E-state index contributed by atoms with van der Waals surface area (Å²) in [6, 6.07) is 0.467. The minimum absolute atomic E-state index is 0.00838. The SMILES string of the molecule is CC(=O)C1C2CCCCC(CO2)N1C. The number of likely N-dealkylation sites (N-methyl/N-ethyl adjacent to an activating group) is 1. The largest absolute Gasteiger partial charge is 0.374 e. The fraction of sp³-hybridized carbons (Fsp3) is 0.909. The average Bonchev–Trinajstić information content (AvgIpc) is 2.06. The van der Waals surface area contributed by atoms with E-state index >= 15 is 0 Å². The number of ketones is 1. The second-order valence-corrected chi connectivity index (χ2v) is 4.53. The summed E-state index contributed by atoms with van der Waals surface area (Å²) >= 11 is 0. The smallest absolute Gasteiger partial charge is 0.149 e. The van der Waals surface area contributed by atoms with Crippen LogP contribution < -0.4 is 0 Å². The number of hydrogen-bond acceptors (Lipinski definition) is 3. The number of carbonyl (C=O) groups is 1. The van der Waals surface area contributed by atoms with E-state index in [1.807, 2.05) is 0 Å². The fourth-order valence-corrected chi connectivity index (χ4v) is 2.73. The average molecular weight is 197 g/mol. The summed E-state index contributed by atoms with van der Waals surface area (Å²) in [5, 5.41) is 0. The molecule has 3 aliphatic rings. The number of Topliss-reactive ketones (excluding diaryl/α,β-unsaturated/α-hetero) is 1. The number of rotatable bonds is 1. The third kappa shape index (κ3) is 1.71. The van der Waals surface area contributed by atoms with Crippen LogP contribution >= 0.6 is 0 Å². The van der Waals surface area contributed by atoms with Gasteiger partial charge in [-0.15, -0.1) is 0 Å². The fourth-order valence-electron chi connectivity index (χ4n) is 2.73. The van der Waals surface area contributed by atoms with Crippen LogP contribution in [0.25, 0.3) is 0 Å². The maximum atomic E-state index is 11.5. The molecule has 3 aliphatic heterocycles. The normalized spacial score (nSPS) is 39.1. The molecule has 0 aromatic heterocycles. The maximum Gasteiger partial charge on any atom is 0.149 e. The Bertz CT molecular complexity index is 223. The molecule has 0 aromatic carbocycles. The van der Waals surface area contributed by atoms with Gasteiger partial charge in [-0.05, 0) is 26.8 Å². The van der Waals surface area contributed by atoms with Crippen molar-refractivity contribution in [2.45, 2.75) is 50.8 Å². The van der Waals surface area contributed by atoms with E-state index < -0.39 is 0 Å². The topological polar surface area (TPSA) is 29.5 Å². The van der Waals surface area contributed by atoms with Crippen LogP contribution in [-0.4, -0.2) is 42.5 Å². The Morgan fingerprint density at radius 2 is 2.07 bits per heavy atom. The van der Waals surface area contributed by atoms with Crippen molar-refractivity contribution >= 4 is 5.78 Å². The molecule has 3 unspecified atom stereocenters. The number of hydrogen-bond donors (Lipinski definition) is 0. The lowest BCUT2D eigenvalue weighted by molar-refractivity contribution is -0.144. The summed E-state index contributed by atoms with van der Waals surface area (Å²) < 4.78 is 5.76. The Balaban J connectivity index is 2.18. The molecule has 3 heterocycles. The van der Waals surface area contributed by atoms with Gasteiger partial charge in [-0.25, -0.2) is 0 Å². The molecule has 2 bridgehead atoms. The van der Waals surface area contributed by atoms with Gasteiger partial charge < -0.3 is 4.74 Å². The van der Waals surface area contributed by atoms with Gasteiger partial charge in [0.05, 0.1) is 18.8 Å². The molecule has 3 nitrogen and oxygen atoms in total. The third-order valence-electron chi connectivity index (χ3n) is 3.56. The van der Waals surface area contributed by atoms with Crippen LogP contribution in [0.1, 0.15) is 32.6 Å². The lowest BCUT2D eigenvalue weighted by Crippen LogP contribution is -2.58. The highest BCUT2D eigenvalue weighted by Crippen LogP contribution is 2.28. The van der Waals surface area contributed by atoms with E-state index in [1.54, 1.807) is 6.92 Å². The van der Waals surface area contributed by atoms with Crippen LogP contribution in [-0.2, 0) is 9.53 Å². The van der Waals surface area contributed by atoms with Crippen molar-refractivity contribution in [3.63, 3.8) is 0 Å². The maximum absolute atomic E-state index is 11.5. The number of ether oxygens (including phenoxy) is 1. The predicted octanol–water partition coefficient (Wildman–Crippen LogP) is 1.22. The highest BCUT2D eigenvalue weighted by Gasteiger charge is 2.39. The second-order valence-electron chi connectivity index (χ2n) is 4.53. The van der Waals surface area contributed by atoms with Gasteiger partial charge in [-0.2, -0.15) is 0 Å². The van der Waals surface area contributed by atoms with E-state index in [4.69, 9.17) is 4.74 Å². The van der Waals surface area contributed by atoms with E-state index in [9.17, 15) is 4.79 Å². The first-order valence-corrected chi connectivity index (χ1v) is 5.54. The van der Waals surface area contributed by atoms with Crippen LogP contribution in [0, 0.1) is 0 Å². The first-order valence-electron chi connectivity index (χ1n) is 5.54. The molecule has 3 atom stereocenters. The molecular weight excluding hydrogens is 178 g/mol. The van der Waals surface area contributed by atoms with E-state index in [1.165, 1.54) is 19.3 Å². The van der Waals surface area contributed by atoms with Gasteiger partial charge in [0.15, 0.2) is 0 Å². The van der Waals surface area contributed by atoms with Crippen molar-refractivity contribution in [1.82, 2.24) is 4.90 Å². The molecule has 3 heteroatoms. The van der Waals surface area contributed by atoms with Crippen LogP contribution in [0.5, 0.6) is 0 Å². The molecule has 3 saturated heterocycles. The van der Waals surface area contributed by atoms with E-state index in [0.29, 0.717) is 6.04 Å². The summed E-state index contributed by atoms with van der Waals surface area (Å²) in [5.74, 6) is 0.254. The summed E-state index contributed by atoms with van der Waals surface area (Å²) in [4.78, 5) is 13.8. The quantitative estimate of drug-likeness (QED) is 0.633. The number of carbonyl (C=O) groups excluding carboxylic acids is 1. The summed E-state index contributed by atoms with van der Waals surface area (Å²) in [6.07, 6.45) is 4.85. The van der Waals surface area contributed by atoms with Gasteiger partial charge >= 0.3 is 0 Å². The van der Waals surface area contributed by atoms with Gasteiger partial charge in [0.1, 0.15) is 5.78 Å². The molecular formula is C11H19NO2. The summed E-state index contributed by atoms with van der Waals surface area (Å²) in [5.41, 5.74) is 0. The minimum atomic E-state index is 0.00838. The van der Waals surface area contributed by atoms with Gasteiger partial charge in [0, 0.05) is 6.04 Å². The Kier molecular flexibility index (Phi) is 2.88. The lowest BCUT2D eigenvalue weighted by atomic mass is 9.91. The molecule has 3 fully saturated rings. The highest BCUT2D eigenvalue weighted by atomic mass is 16.5. The zero-order valence-electron chi connectivity index (χ0n) is 9.03. The number of fused-ring (bicyclic) bond motifs is 5. The van der Waals surface area contributed by atoms with E-state index in [0.717, 1.165) is 13.0 Å². The van der Waals surface area contributed by atoms with Crippen molar-refractivity contribution in [3.8, 4) is 0 Å². The van der Waals surface area contributed by atoms with Crippen molar-refractivity contribution < 1.29 is 9.53 Å². The van der Waals surface area contributed by atoms with Gasteiger partial charge in [0.2, 0.25) is 0 Å². The molecule has 0 amide bonds. The van der Waals surface area contributed by atoms with Crippen molar-refractivity contribution in [2.75, 3.05) is 13.7 Å². The molecule has 0 aliphatic carbocycles. The predicted molar refractivity (Wildman–Crippen MR) is 54.2 cm³/mol. The van der Waals surface area contributed by atoms with Gasteiger partial charge in [0.25, 0.3) is 0 Å². The van der Waals surface area contributed by atoms with Crippen LogP contribution in [0.15, 0.2) is 0 Å². The van der Waals surface area contributed by atoms with Crippen molar-refractivity contribution in [3.05, 3.63) is 0 Å². The molecule has 80 valence electrons. The molecule has 0 spiro atoms. The van der Waals surface area contributed by atoms with E-state index in [2.05, 4.69) is 11.9 Å². The van der Waals surface area contributed by atoms with Crippen LogP contribution in [0.2, 0.25) is 0 Å². The van der Waals surface area contributed by atoms with Gasteiger partial charge in [-0.1, -0.05) is 12.8 Å². The molecule has 14 heavy (non-hydrogen) atoms. The third-order valence-corrected chi connectivity index (χ3v) is 3.56.